The molecule has 0 spiro atoms. The number of benzene rings is 2. The van der Waals surface area contributed by atoms with Crippen LogP contribution in [-0.2, 0) is 65.6 Å². The van der Waals surface area contributed by atoms with E-state index in [1.807, 2.05) is 0 Å². The standard InChI is InChI=1S/C56H84N14O14S2/c1-4-11-36(47(75)67-41(29-86)55(83)84)64-52(80)45(30(3)5-2)68-51(79)43-26-34(72)27-70(43)54(82)42-15-10-23-69(42)53(81)40(25-31-12-7-6-8-13-31)66-50(78)39(24-32-16-18-33(71)19-17-32)65-49(77)38(20-21-44(58)73)63-48(76)37(14-9-22-61-56(59)60)62-46(74)35(57)28-85/h6-8,12-13,16-19,30,34-43,45,71-72,85-86H,4-5,9-11,14-15,20-29,57H2,1-3H3,(H2,58,73)(H,62,74)(H,63,76)(H,64,80)(H,65,77)(H,66,78)(H,67,75)(H,68,79)(H,83,84)(H4,59,60,61)/t30-,34+,35-,36-,37-,38-,39-,40-,41-,42-,43-,45-/m0/s1. The van der Waals surface area contributed by atoms with Crippen molar-refractivity contribution in [1.29, 1.82) is 0 Å². The van der Waals surface area contributed by atoms with Crippen LogP contribution in [0, 0.1) is 5.92 Å². The van der Waals surface area contributed by atoms with Gasteiger partial charge < -0.3 is 85.3 Å². The molecule has 2 aliphatic heterocycles. The molecule has 0 bridgehead atoms. The van der Waals surface area contributed by atoms with E-state index in [1.165, 1.54) is 29.2 Å². The van der Waals surface area contributed by atoms with Crippen LogP contribution in [0.5, 0.6) is 5.75 Å². The maximum Gasteiger partial charge on any atom is 0.327 e. The summed E-state index contributed by atoms with van der Waals surface area (Å²) in [6.45, 7) is 5.01. The van der Waals surface area contributed by atoms with Gasteiger partial charge in [0, 0.05) is 56.8 Å². The van der Waals surface area contributed by atoms with Gasteiger partial charge in [0.05, 0.1) is 12.1 Å². The summed E-state index contributed by atoms with van der Waals surface area (Å²) in [5, 5.41) is 48.9. The molecule has 0 radical (unpaired) electrons. The summed E-state index contributed by atoms with van der Waals surface area (Å²) in [4.78, 5) is 158. The highest BCUT2D eigenvalue weighted by Crippen LogP contribution is 2.27. The van der Waals surface area contributed by atoms with Crippen molar-refractivity contribution in [2.45, 2.75) is 164 Å². The van der Waals surface area contributed by atoms with Crippen molar-refractivity contribution in [3.8, 4) is 5.75 Å². The summed E-state index contributed by atoms with van der Waals surface area (Å²) in [5.74, 6) is -10.5. The molecule has 0 saturated carbocycles. The van der Waals surface area contributed by atoms with Crippen LogP contribution in [-0.4, -0.2) is 194 Å². The number of likely N-dealkylation sites (tertiary alicyclic amines) is 2. The maximum absolute atomic E-state index is 15.1. The second-order valence-corrected chi connectivity index (χ2v) is 22.2. The third kappa shape index (κ3) is 21.7. The Labute approximate surface area is 510 Å². The second-order valence-electron chi connectivity index (χ2n) is 21.4. The summed E-state index contributed by atoms with van der Waals surface area (Å²) in [5.41, 5.74) is 23.3. The molecule has 86 heavy (non-hydrogen) atoms. The van der Waals surface area contributed by atoms with Crippen molar-refractivity contribution in [3.63, 3.8) is 0 Å². The average molecular weight is 1240 g/mol. The summed E-state index contributed by atoms with van der Waals surface area (Å²) in [7, 11) is 0. The largest absolute Gasteiger partial charge is 0.508 e. The number of carboxylic acid groups (broad SMARTS) is 1. The van der Waals surface area contributed by atoms with E-state index >= 15 is 4.79 Å². The Morgan fingerprint density at radius 3 is 1.79 bits per heavy atom. The van der Waals surface area contributed by atoms with Crippen LogP contribution >= 0.6 is 25.3 Å². The molecule has 2 aromatic carbocycles. The van der Waals surface area contributed by atoms with Crippen LogP contribution in [0.3, 0.4) is 0 Å². The minimum Gasteiger partial charge on any atom is -0.508 e. The number of hydrogen-bond donors (Lipinski definition) is 16. The molecule has 0 aromatic heterocycles. The van der Waals surface area contributed by atoms with Gasteiger partial charge >= 0.3 is 5.97 Å². The molecule has 2 fully saturated rings. The van der Waals surface area contributed by atoms with Crippen molar-refractivity contribution >= 4 is 96.3 Å². The number of carbonyl (C=O) groups is 11. The average Bonchev–Trinajstić information content (AvgIpc) is 3.52. The molecular weight excluding hydrogens is 1160 g/mol. The van der Waals surface area contributed by atoms with Gasteiger partial charge in [-0.15, -0.1) is 0 Å². The fourth-order valence-corrected chi connectivity index (χ4v) is 10.3. The molecule has 0 aliphatic carbocycles. The number of amides is 10. The molecule has 10 amide bonds. The number of nitrogens with one attached hydrogen (secondary N) is 7. The topological polar surface area (TPSA) is 456 Å². The molecule has 30 heteroatoms. The van der Waals surface area contributed by atoms with Crippen LogP contribution in [0.4, 0.5) is 0 Å². The minimum absolute atomic E-state index is 0.0266. The number of rotatable bonds is 34. The number of thiol groups is 2. The summed E-state index contributed by atoms with van der Waals surface area (Å²) in [6.07, 6.45) is -1.11. The number of carboxylic acids is 1. The highest BCUT2D eigenvalue weighted by atomic mass is 32.1. The van der Waals surface area contributed by atoms with E-state index in [0.29, 0.717) is 30.4 Å². The molecule has 4 rings (SSSR count). The van der Waals surface area contributed by atoms with Gasteiger partial charge in [0.15, 0.2) is 5.96 Å². The van der Waals surface area contributed by atoms with E-state index in [-0.39, 0.29) is 94.2 Å². The van der Waals surface area contributed by atoms with Gasteiger partial charge in [-0.1, -0.05) is 76.1 Å². The van der Waals surface area contributed by atoms with Crippen molar-refractivity contribution < 1.29 is 68.1 Å². The van der Waals surface area contributed by atoms with Gasteiger partial charge in [0.1, 0.15) is 60.1 Å². The highest BCUT2D eigenvalue weighted by molar-refractivity contribution is 7.80. The van der Waals surface area contributed by atoms with Gasteiger partial charge in [-0.2, -0.15) is 25.3 Å². The molecule has 18 N–H and O–H groups in total. The number of aliphatic hydroxyl groups excluding tert-OH is 1. The number of phenols is 1. The van der Waals surface area contributed by atoms with Crippen molar-refractivity contribution in [2.75, 3.05) is 31.1 Å². The Balaban J connectivity index is 1.64. The zero-order valence-corrected chi connectivity index (χ0v) is 50.3. The SMILES string of the molecule is CCC[C@H](NC(=O)[C@@H](NC(=O)[C@@H]1C[C@@H](O)CN1C(=O)[C@@H]1CCCN1C(=O)[C@H](Cc1ccccc1)NC(=O)[C@H](Cc1ccc(O)cc1)NC(=O)[C@H](CCC(N)=O)NC(=O)[C@H](CCCN=C(N)N)NC(=O)[C@@H](N)CS)[C@@H](C)CC)C(=O)N[C@@H](CS)C(=O)O. The number of primary amides is 1. The number of aliphatic imine (C=N–C) groups is 1. The summed E-state index contributed by atoms with van der Waals surface area (Å²) < 4.78 is 0. The summed E-state index contributed by atoms with van der Waals surface area (Å²) in [6, 6.07) is 1.05. The molecule has 474 valence electrons. The zero-order valence-electron chi connectivity index (χ0n) is 48.5. The predicted molar refractivity (Wildman–Crippen MR) is 322 cm³/mol. The number of hydrogen-bond acceptors (Lipinski definition) is 17. The minimum atomic E-state index is -1.55. The monoisotopic (exact) mass is 1240 g/mol. The lowest BCUT2D eigenvalue weighted by Crippen LogP contribution is -2.61. The Bertz CT molecular complexity index is 2710. The molecule has 2 aromatic rings. The zero-order chi connectivity index (χ0) is 63.8. The molecule has 2 heterocycles. The number of nitrogens with zero attached hydrogens (tertiary/aromatic N) is 3. The first kappa shape index (κ1) is 70.8. The first-order valence-corrected chi connectivity index (χ1v) is 29.9. The Hall–Kier alpha value is -7.70. The number of nitrogens with two attached hydrogens (primary N) is 4. The van der Waals surface area contributed by atoms with Crippen LogP contribution in [0.2, 0.25) is 0 Å². The van der Waals surface area contributed by atoms with E-state index in [0.717, 1.165) is 4.90 Å². The van der Waals surface area contributed by atoms with Crippen LogP contribution in [0.1, 0.15) is 96.1 Å². The van der Waals surface area contributed by atoms with E-state index in [1.54, 1.807) is 51.1 Å². The fraction of sp³-hybridized carbons (Fsp3) is 0.571. The van der Waals surface area contributed by atoms with Gasteiger partial charge in [-0.25, -0.2) is 4.79 Å². The third-order valence-electron chi connectivity index (χ3n) is 14.8. The Morgan fingerprint density at radius 1 is 0.663 bits per heavy atom. The second kappa shape index (κ2) is 35.1. The molecule has 0 unspecified atom stereocenters. The molecule has 2 aliphatic rings. The number of carbonyl (C=O) groups excluding carboxylic acids is 10. The number of β-amino-alcohol motifs (C(OH)–C–C–N with tert-alkyl or cyclic N) is 1. The maximum atomic E-state index is 15.1. The van der Waals surface area contributed by atoms with Gasteiger partial charge in [0.25, 0.3) is 0 Å². The van der Waals surface area contributed by atoms with E-state index in [2.05, 4.69) is 67.5 Å². The van der Waals surface area contributed by atoms with Crippen LogP contribution < -0.4 is 60.2 Å². The van der Waals surface area contributed by atoms with Crippen molar-refractivity contribution in [3.05, 3.63) is 65.7 Å². The highest BCUT2D eigenvalue weighted by Gasteiger charge is 2.47. The molecule has 2 saturated heterocycles. The van der Waals surface area contributed by atoms with Gasteiger partial charge in [-0.3, -0.25) is 52.9 Å². The van der Waals surface area contributed by atoms with Crippen LogP contribution in [0.25, 0.3) is 0 Å². The van der Waals surface area contributed by atoms with E-state index in [4.69, 9.17) is 22.9 Å². The third-order valence-corrected chi connectivity index (χ3v) is 15.6. The smallest absolute Gasteiger partial charge is 0.327 e. The van der Waals surface area contributed by atoms with E-state index < -0.39 is 144 Å². The fourth-order valence-electron chi connectivity index (χ4n) is 9.85. The normalized spacial score (nSPS) is 18.7. The number of phenolic OH excluding ortho intramolecular Hbond substituents is 1. The lowest BCUT2D eigenvalue weighted by molar-refractivity contribution is -0.148. The van der Waals surface area contributed by atoms with Crippen molar-refractivity contribution in [2.24, 2.45) is 33.8 Å². The molecular formula is C56H84N14O14S2. The first-order chi connectivity index (χ1) is 40.8. The molecule has 12 atom stereocenters. The lowest BCUT2D eigenvalue weighted by Gasteiger charge is -2.34. The number of aromatic hydroxyl groups is 1. The molecule has 28 nitrogen and oxygen atoms in total. The first-order valence-electron chi connectivity index (χ1n) is 28.6. The quantitative estimate of drug-likeness (QED) is 0.0143. The summed E-state index contributed by atoms with van der Waals surface area (Å²) >= 11 is 8.06. The van der Waals surface area contributed by atoms with Gasteiger partial charge in [-0.05, 0) is 67.7 Å². The number of aliphatic hydroxyl groups is 1. The van der Waals surface area contributed by atoms with Crippen molar-refractivity contribution in [1.82, 2.24) is 47.0 Å². The predicted octanol–water partition coefficient (Wildman–Crippen LogP) is -3.04. The van der Waals surface area contributed by atoms with Gasteiger partial charge in [0.2, 0.25) is 59.1 Å². The number of aliphatic carboxylic acids is 1. The van der Waals surface area contributed by atoms with E-state index in [9.17, 15) is 63.3 Å². The Kier molecular flexibility index (Phi) is 28.9. The Morgan fingerprint density at radius 2 is 1.21 bits per heavy atom. The number of guanidine groups is 1. The lowest BCUT2D eigenvalue weighted by atomic mass is 9.97. The van der Waals surface area contributed by atoms with Crippen LogP contribution in [0.15, 0.2) is 59.6 Å².